The standard InChI is InChI=1S/C16H17ClN2O2/c1-10(11-3-6-13(18)7-4-11)19-16(20)14-9-12(17)5-8-15(14)21-2/h3-10H,18H2,1-2H3,(H,19,20). The van der Waals surface area contributed by atoms with E-state index in [1.54, 1.807) is 30.3 Å². The van der Waals surface area contributed by atoms with Crippen molar-refractivity contribution in [3.05, 3.63) is 58.6 Å². The predicted octanol–water partition coefficient (Wildman–Crippen LogP) is 3.42. The molecular formula is C16H17ClN2O2. The maximum atomic E-state index is 12.4. The lowest BCUT2D eigenvalue weighted by Crippen LogP contribution is -2.27. The minimum absolute atomic E-state index is 0.151. The van der Waals surface area contributed by atoms with Gasteiger partial charge in [0.25, 0.3) is 5.91 Å². The fourth-order valence-electron chi connectivity index (χ4n) is 2.00. The molecule has 1 unspecified atom stereocenters. The first-order valence-electron chi connectivity index (χ1n) is 6.51. The number of nitrogen functional groups attached to an aromatic ring is 1. The maximum absolute atomic E-state index is 12.4. The van der Waals surface area contributed by atoms with Crippen LogP contribution in [0.4, 0.5) is 5.69 Å². The zero-order valence-corrected chi connectivity index (χ0v) is 12.6. The summed E-state index contributed by atoms with van der Waals surface area (Å²) in [5.41, 5.74) is 7.72. The highest BCUT2D eigenvalue weighted by Crippen LogP contribution is 2.23. The Balaban J connectivity index is 2.17. The zero-order chi connectivity index (χ0) is 15.4. The Labute approximate surface area is 128 Å². The van der Waals surface area contributed by atoms with Crippen LogP contribution in [0.3, 0.4) is 0 Å². The number of hydrogen-bond donors (Lipinski definition) is 2. The third-order valence-corrected chi connectivity index (χ3v) is 3.43. The van der Waals surface area contributed by atoms with Crippen molar-refractivity contribution in [1.29, 1.82) is 0 Å². The van der Waals surface area contributed by atoms with Gasteiger partial charge in [-0.2, -0.15) is 0 Å². The number of hydrogen-bond acceptors (Lipinski definition) is 3. The third-order valence-electron chi connectivity index (χ3n) is 3.19. The number of nitrogens with two attached hydrogens (primary N) is 1. The lowest BCUT2D eigenvalue weighted by molar-refractivity contribution is 0.0937. The number of benzene rings is 2. The molecule has 0 spiro atoms. The molecule has 2 aromatic rings. The minimum atomic E-state index is -0.237. The number of methoxy groups -OCH3 is 1. The molecule has 0 radical (unpaired) electrons. The molecule has 0 aliphatic carbocycles. The molecule has 1 atom stereocenters. The van der Waals surface area contributed by atoms with Crippen molar-refractivity contribution in [2.24, 2.45) is 0 Å². The fraction of sp³-hybridized carbons (Fsp3) is 0.188. The molecule has 0 saturated carbocycles. The number of carbonyl (C=O) groups excluding carboxylic acids is 1. The van der Waals surface area contributed by atoms with E-state index in [1.165, 1.54) is 7.11 Å². The van der Waals surface area contributed by atoms with Crippen LogP contribution in [0, 0.1) is 0 Å². The van der Waals surface area contributed by atoms with Crippen molar-refractivity contribution in [2.75, 3.05) is 12.8 Å². The molecule has 110 valence electrons. The SMILES string of the molecule is COc1ccc(Cl)cc1C(=O)NC(C)c1ccc(N)cc1. The summed E-state index contributed by atoms with van der Waals surface area (Å²) in [5.74, 6) is 0.250. The number of amides is 1. The zero-order valence-electron chi connectivity index (χ0n) is 11.9. The van der Waals surface area contributed by atoms with Gasteiger partial charge in [-0.15, -0.1) is 0 Å². The van der Waals surface area contributed by atoms with Crippen LogP contribution in [-0.2, 0) is 0 Å². The molecule has 0 saturated heterocycles. The highest BCUT2D eigenvalue weighted by Gasteiger charge is 2.16. The van der Waals surface area contributed by atoms with E-state index >= 15 is 0 Å². The molecule has 4 nitrogen and oxygen atoms in total. The van der Waals surface area contributed by atoms with E-state index < -0.39 is 0 Å². The summed E-state index contributed by atoms with van der Waals surface area (Å²) in [4.78, 5) is 12.4. The third kappa shape index (κ3) is 3.67. The molecular weight excluding hydrogens is 288 g/mol. The van der Waals surface area contributed by atoms with E-state index in [9.17, 15) is 4.79 Å². The normalized spacial score (nSPS) is 11.8. The first kappa shape index (κ1) is 15.2. The van der Waals surface area contributed by atoms with Gasteiger partial charge in [-0.25, -0.2) is 0 Å². The average Bonchev–Trinajstić information content (AvgIpc) is 2.47. The van der Waals surface area contributed by atoms with Crippen LogP contribution in [0.5, 0.6) is 5.75 Å². The lowest BCUT2D eigenvalue weighted by atomic mass is 10.1. The van der Waals surface area contributed by atoms with E-state index in [4.69, 9.17) is 22.1 Å². The number of rotatable bonds is 4. The highest BCUT2D eigenvalue weighted by molar-refractivity contribution is 6.31. The Morgan fingerprint density at radius 1 is 1.24 bits per heavy atom. The van der Waals surface area contributed by atoms with Gasteiger partial charge in [-0.1, -0.05) is 23.7 Å². The van der Waals surface area contributed by atoms with Gasteiger partial charge in [-0.3, -0.25) is 4.79 Å². The number of anilines is 1. The van der Waals surface area contributed by atoms with Crippen molar-refractivity contribution in [2.45, 2.75) is 13.0 Å². The van der Waals surface area contributed by atoms with Crippen LogP contribution in [0.2, 0.25) is 5.02 Å². The number of nitrogens with one attached hydrogen (secondary N) is 1. The highest BCUT2D eigenvalue weighted by atomic mass is 35.5. The fourth-order valence-corrected chi connectivity index (χ4v) is 2.17. The van der Waals surface area contributed by atoms with E-state index in [0.717, 1.165) is 5.56 Å². The molecule has 2 rings (SSSR count). The summed E-state index contributed by atoms with van der Waals surface area (Å²) < 4.78 is 5.19. The van der Waals surface area contributed by atoms with E-state index in [1.807, 2.05) is 19.1 Å². The summed E-state index contributed by atoms with van der Waals surface area (Å²) in [6, 6.07) is 12.2. The first-order chi connectivity index (χ1) is 10.0. The van der Waals surface area contributed by atoms with Gasteiger partial charge in [0.1, 0.15) is 5.75 Å². The molecule has 0 aliphatic heterocycles. The minimum Gasteiger partial charge on any atom is -0.496 e. The second-order valence-corrected chi connectivity index (χ2v) is 5.14. The van der Waals surface area contributed by atoms with Crippen molar-refractivity contribution in [1.82, 2.24) is 5.32 Å². The van der Waals surface area contributed by atoms with Gasteiger partial charge in [0.05, 0.1) is 18.7 Å². The summed E-state index contributed by atoms with van der Waals surface area (Å²) in [6.07, 6.45) is 0. The lowest BCUT2D eigenvalue weighted by Gasteiger charge is -2.16. The van der Waals surface area contributed by atoms with Gasteiger partial charge in [0.15, 0.2) is 0 Å². The molecule has 0 heterocycles. The van der Waals surface area contributed by atoms with Crippen LogP contribution < -0.4 is 15.8 Å². The molecule has 0 bridgehead atoms. The number of halogens is 1. The van der Waals surface area contributed by atoms with Crippen molar-refractivity contribution in [3.63, 3.8) is 0 Å². The molecule has 0 aliphatic rings. The Morgan fingerprint density at radius 2 is 1.90 bits per heavy atom. The van der Waals surface area contributed by atoms with Crippen molar-refractivity contribution >= 4 is 23.2 Å². The van der Waals surface area contributed by atoms with Gasteiger partial charge < -0.3 is 15.8 Å². The molecule has 0 fully saturated rings. The van der Waals surface area contributed by atoms with Gasteiger partial charge in [0, 0.05) is 10.7 Å². The average molecular weight is 305 g/mol. The van der Waals surface area contributed by atoms with Crippen LogP contribution in [0.1, 0.15) is 28.9 Å². The summed E-state index contributed by atoms with van der Waals surface area (Å²) >= 11 is 5.94. The number of ether oxygens (including phenoxy) is 1. The Bertz CT molecular complexity index is 641. The largest absolute Gasteiger partial charge is 0.496 e. The second-order valence-electron chi connectivity index (χ2n) is 4.71. The van der Waals surface area contributed by atoms with Crippen LogP contribution >= 0.6 is 11.6 Å². The van der Waals surface area contributed by atoms with Crippen LogP contribution in [0.15, 0.2) is 42.5 Å². The van der Waals surface area contributed by atoms with Crippen LogP contribution in [-0.4, -0.2) is 13.0 Å². The van der Waals surface area contributed by atoms with E-state index in [-0.39, 0.29) is 11.9 Å². The van der Waals surface area contributed by atoms with Crippen molar-refractivity contribution < 1.29 is 9.53 Å². The predicted molar refractivity (Wildman–Crippen MR) is 84.7 cm³/mol. The Kier molecular flexibility index (Phi) is 4.70. The molecule has 2 aromatic carbocycles. The van der Waals surface area contributed by atoms with E-state index in [2.05, 4.69) is 5.32 Å². The number of carbonyl (C=O) groups is 1. The molecule has 0 aromatic heterocycles. The smallest absolute Gasteiger partial charge is 0.255 e. The molecule has 21 heavy (non-hydrogen) atoms. The topological polar surface area (TPSA) is 64.3 Å². The summed E-state index contributed by atoms with van der Waals surface area (Å²) in [7, 11) is 1.52. The Hall–Kier alpha value is -2.20. The van der Waals surface area contributed by atoms with Gasteiger partial charge in [-0.05, 0) is 42.8 Å². The first-order valence-corrected chi connectivity index (χ1v) is 6.89. The maximum Gasteiger partial charge on any atom is 0.255 e. The summed E-state index contributed by atoms with van der Waals surface area (Å²) in [6.45, 7) is 1.90. The second kappa shape index (κ2) is 6.50. The van der Waals surface area contributed by atoms with Crippen molar-refractivity contribution in [3.8, 4) is 5.75 Å². The Morgan fingerprint density at radius 3 is 2.52 bits per heavy atom. The van der Waals surface area contributed by atoms with E-state index in [0.29, 0.717) is 22.0 Å². The monoisotopic (exact) mass is 304 g/mol. The molecule has 1 amide bonds. The van der Waals surface area contributed by atoms with Gasteiger partial charge in [0.2, 0.25) is 0 Å². The quantitative estimate of drug-likeness (QED) is 0.851. The van der Waals surface area contributed by atoms with Crippen LogP contribution in [0.25, 0.3) is 0 Å². The summed E-state index contributed by atoms with van der Waals surface area (Å²) in [5, 5.41) is 3.40. The molecule has 5 heteroatoms. The van der Waals surface area contributed by atoms with Gasteiger partial charge >= 0.3 is 0 Å². The molecule has 3 N–H and O–H groups in total.